The van der Waals surface area contributed by atoms with E-state index in [1.807, 2.05) is 6.92 Å². The minimum absolute atomic E-state index is 0.0273. The van der Waals surface area contributed by atoms with Gasteiger partial charge >= 0.3 is 11.9 Å². The number of hydrogen-bond acceptors (Lipinski definition) is 6. The molecule has 9 nitrogen and oxygen atoms in total. The van der Waals surface area contributed by atoms with Gasteiger partial charge in [0, 0.05) is 23.3 Å². The van der Waals surface area contributed by atoms with Gasteiger partial charge in [0.2, 0.25) is 0 Å². The van der Waals surface area contributed by atoms with E-state index in [0.717, 1.165) is 6.42 Å². The minimum atomic E-state index is -4.15. The molecule has 0 aliphatic carbocycles. The van der Waals surface area contributed by atoms with Crippen molar-refractivity contribution in [1.82, 2.24) is 0 Å². The Kier molecular flexibility index (Phi) is 10.3. The molecule has 0 spiro atoms. The lowest BCUT2D eigenvalue weighted by Crippen LogP contribution is -2.09. The summed E-state index contributed by atoms with van der Waals surface area (Å²) in [7, 11) is -4.15. The molecule has 40 heavy (non-hydrogen) atoms. The first kappa shape index (κ1) is 29.8. The van der Waals surface area contributed by atoms with E-state index in [9.17, 15) is 18.0 Å². The highest BCUT2D eigenvalue weighted by atomic mass is 32.2. The van der Waals surface area contributed by atoms with Gasteiger partial charge in [0.25, 0.3) is 10.1 Å². The lowest BCUT2D eigenvalue weighted by molar-refractivity contribution is 0.0686. The predicted octanol–water partition coefficient (Wildman–Crippen LogP) is 4.33. The highest BCUT2D eigenvalue weighted by Crippen LogP contribution is 2.29. The molecule has 0 aromatic heterocycles. The molecule has 0 unspecified atom stereocenters. The van der Waals surface area contributed by atoms with Gasteiger partial charge in [-0.25, -0.2) is 9.59 Å². The number of aromatic carboxylic acids is 2. The number of benzene rings is 3. The van der Waals surface area contributed by atoms with Gasteiger partial charge in [0.15, 0.2) is 0 Å². The Morgan fingerprint density at radius 3 is 1.52 bits per heavy atom. The molecule has 3 rings (SSSR count). The van der Waals surface area contributed by atoms with Gasteiger partial charge in [-0.05, 0) is 61.4 Å². The molecule has 0 bridgehead atoms. The van der Waals surface area contributed by atoms with Crippen molar-refractivity contribution >= 4 is 22.1 Å². The van der Waals surface area contributed by atoms with Gasteiger partial charge in [-0.3, -0.25) is 4.55 Å². The standard InChI is InChI=1S/C30H26O9S/c1-2-16-38-27-19-26(15-9-22-6-12-24(13-7-22)30(33)34)28(39-17-3-18-40(35,36)37)20-25(27)14-8-21-4-10-23(11-5-21)29(31)32/h4-7,10-13,19-20H,2-3,16-18H2,1H3,(H,31,32)(H,33,34)(H,35,36,37). The topological polar surface area (TPSA) is 147 Å². The molecule has 206 valence electrons. The first-order valence-corrected chi connectivity index (χ1v) is 13.8. The van der Waals surface area contributed by atoms with E-state index in [0.29, 0.717) is 40.4 Å². The highest BCUT2D eigenvalue weighted by Gasteiger charge is 2.12. The first-order valence-electron chi connectivity index (χ1n) is 12.2. The average Bonchev–Trinajstić information content (AvgIpc) is 2.92. The Labute approximate surface area is 232 Å². The molecule has 0 aliphatic heterocycles. The molecule has 10 heteroatoms. The summed E-state index contributed by atoms with van der Waals surface area (Å²) in [5.41, 5.74) is 2.30. The minimum Gasteiger partial charge on any atom is -0.492 e. The molecule has 0 saturated carbocycles. The quantitative estimate of drug-likeness (QED) is 0.187. The maximum absolute atomic E-state index is 11.1. The van der Waals surface area contributed by atoms with Crippen LogP contribution in [0.1, 0.15) is 62.7 Å². The largest absolute Gasteiger partial charge is 0.492 e. The molecule has 0 heterocycles. The van der Waals surface area contributed by atoms with Crippen molar-refractivity contribution in [3.63, 3.8) is 0 Å². The van der Waals surface area contributed by atoms with E-state index < -0.39 is 27.8 Å². The van der Waals surface area contributed by atoms with Crippen LogP contribution in [-0.2, 0) is 10.1 Å². The second-order valence-electron chi connectivity index (χ2n) is 8.45. The molecular weight excluding hydrogens is 536 g/mol. The highest BCUT2D eigenvalue weighted by molar-refractivity contribution is 7.85. The van der Waals surface area contributed by atoms with Crippen LogP contribution < -0.4 is 9.47 Å². The van der Waals surface area contributed by atoms with E-state index in [-0.39, 0.29) is 24.2 Å². The predicted molar refractivity (Wildman–Crippen MR) is 148 cm³/mol. The number of rotatable bonds is 10. The van der Waals surface area contributed by atoms with Crippen LogP contribution >= 0.6 is 0 Å². The van der Waals surface area contributed by atoms with Crippen molar-refractivity contribution in [3.8, 4) is 35.2 Å². The monoisotopic (exact) mass is 562 g/mol. The molecule has 3 aromatic rings. The molecule has 0 radical (unpaired) electrons. The van der Waals surface area contributed by atoms with Crippen LogP contribution in [0.3, 0.4) is 0 Å². The number of carboxylic acids is 2. The van der Waals surface area contributed by atoms with Crippen molar-refractivity contribution in [1.29, 1.82) is 0 Å². The van der Waals surface area contributed by atoms with E-state index >= 15 is 0 Å². The molecular formula is C30H26O9S. The van der Waals surface area contributed by atoms with Crippen molar-refractivity contribution in [3.05, 3.63) is 94.0 Å². The van der Waals surface area contributed by atoms with Gasteiger partial charge in [0.1, 0.15) is 11.5 Å². The smallest absolute Gasteiger partial charge is 0.335 e. The van der Waals surface area contributed by atoms with Gasteiger partial charge < -0.3 is 19.7 Å². The summed E-state index contributed by atoms with van der Waals surface area (Å²) in [6.45, 7) is 2.32. The van der Waals surface area contributed by atoms with E-state index in [1.54, 1.807) is 36.4 Å². The fourth-order valence-electron chi connectivity index (χ4n) is 3.30. The Balaban J connectivity index is 2.01. The van der Waals surface area contributed by atoms with Crippen molar-refractivity contribution in [2.24, 2.45) is 0 Å². The summed E-state index contributed by atoms with van der Waals surface area (Å²) < 4.78 is 42.9. The van der Waals surface area contributed by atoms with Crippen LogP contribution in [0.25, 0.3) is 0 Å². The molecule has 0 aliphatic rings. The summed E-state index contributed by atoms with van der Waals surface area (Å²) >= 11 is 0. The average molecular weight is 563 g/mol. The summed E-state index contributed by atoms with van der Waals surface area (Å²) in [5.74, 6) is 10.1. The normalized spacial score (nSPS) is 10.4. The van der Waals surface area contributed by atoms with Crippen LogP contribution in [-0.4, -0.2) is 54.1 Å². The molecule has 0 atom stereocenters. The summed E-state index contributed by atoms with van der Waals surface area (Å²) in [5, 5.41) is 18.2. The number of carbonyl (C=O) groups is 2. The lowest BCUT2D eigenvalue weighted by Gasteiger charge is -2.13. The lowest BCUT2D eigenvalue weighted by atomic mass is 10.1. The van der Waals surface area contributed by atoms with Crippen molar-refractivity contribution in [2.75, 3.05) is 19.0 Å². The molecule has 0 saturated heterocycles. The molecule has 0 amide bonds. The number of ether oxygens (including phenoxy) is 2. The Hall–Kier alpha value is -4.77. The zero-order valence-corrected chi connectivity index (χ0v) is 22.3. The number of hydrogen-bond donors (Lipinski definition) is 3. The first-order chi connectivity index (χ1) is 19.1. The van der Waals surface area contributed by atoms with Crippen LogP contribution in [0.2, 0.25) is 0 Å². The summed E-state index contributed by atoms with van der Waals surface area (Å²) in [6.07, 6.45) is 0.766. The third-order valence-corrected chi connectivity index (χ3v) is 6.10. The third kappa shape index (κ3) is 9.21. The van der Waals surface area contributed by atoms with Crippen LogP contribution in [0, 0.1) is 23.7 Å². The Morgan fingerprint density at radius 2 is 1.15 bits per heavy atom. The Bertz CT molecular complexity index is 1600. The van der Waals surface area contributed by atoms with E-state index in [1.165, 1.54) is 24.3 Å². The van der Waals surface area contributed by atoms with Crippen LogP contribution in [0.5, 0.6) is 11.5 Å². The van der Waals surface area contributed by atoms with Gasteiger partial charge in [-0.2, -0.15) is 8.42 Å². The maximum Gasteiger partial charge on any atom is 0.335 e. The van der Waals surface area contributed by atoms with Crippen LogP contribution in [0.4, 0.5) is 0 Å². The van der Waals surface area contributed by atoms with Crippen LogP contribution in [0.15, 0.2) is 60.7 Å². The molecule has 3 aromatic carbocycles. The Morgan fingerprint density at radius 1 is 0.725 bits per heavy atom. The number of carboxylic acid groups (broad SMARTS) is 2. The fraction of sp³-hybridized carbons (Fsp3) is 0.200. The van der Waals surface area contributed by atoms with Gasteiger partial charge in [0.05, 0.1) is 41.2 Å². The summed E-state index contributed by atoms with van der Waals surface area (Å²) in [6, 6.07) is 15.4. The van der Waals surface area contributed by atoms with Gasteiger partial charge in [-0.1, -0.05) is 30.6 Å². The maximum atomic E-state index is 11.1. The summed E-state index contributed by atoms with van der Waals surface area (Å²) in [4.78, 5) is 22.2. The zero-order valence-electron chi connectivity index (χ0n) is 21.5. The fourth-order valence-corrected chi connectivity index (χ4v) is 3.78. The van der Waals surface area contributed by atoms with E-state index in [4.69, 9.17) is 24.2 Å². The van der Waals surface area contributed by atoms with Crippen molar-refractivity contribution < 1.29 is 42.2 Å². The molecule has 0 fully saturated rings. The second kappa shape index (κ2) is 13.9. The van der Waals surface area contributed by atoms with Crippen molar-refractivity contribution in [2.45, 2.75) is 19.8 Å². The van der Waals surface area contributed by atoms with Gasteiger partial charge in [-0.15, -0.1) is 0 Å². The zero-order chi connectivity index (χ0) is 29.1. The van der Waals surface area contributed by atoms with E-state index in [2.05, 4.69) is 23.7 Å². The second-order valence-corrected chi connectivity index (χ2v) is 10.0. The SMILES string of the molecule is CCCOc1cc(C#Cc2ccc(C(=O)O)cc2)c(OCCCS(=O)(=O)O)cc1C#Cc1ccc(C(=O)O)cc1. The third-order valence-electron chi connectivity index (χ3n) is 5.29. The molecule has 3 N–H and O–H groups in total.